The van der Waals surface area contributed by atoms with Gasteiger partial charge in [0, 0.05) is 17.7 Å². The Hall–Kier alpha value is -3.11. The monoisotopic (exact) mass is 416 g/mol. The van der Waals surface area contributed by atoms with Crippen LogP contribution in [-0.4, -0.2) is 56.2 Å². The number of fused-ring (bicyclic) bond motifs is 1. The van der Waals surface area contributed by atoms with E-state index >= 15 is 0 Å². The minimum absolute atomic E-state index is 0.0632. The molecule has 0 aliphatic carbocycles. The zero-order valence-corrected chi connectivity index (χ0v) is 15.8. The lowest BCUT2D eigenvalue weighted by atomic mass is 10.1. The highest BCUT2D eigenvalue weighted by atomic mass is 16.7. The Bertz CT molecular complexity index is 1120. The van der Waals surface area contributed by atoms with Gasteiger partial charge in [0.2, 0.25) is 12.0 Å². The van der Waals surface area contributed by atoms with Crippen LogP contribution in [0.3, 0.4) is 0 Å². The maximum absolute atomic E-state index is 12.5. The van der Waals surface area contributed by atoms with E-state index in [4.69, 9.17) is 13.9 Å². The molecular weight excluding hydrogens is 396 g/mol. The first kappa shape index (κ1) is 20.2. The molecule has 0 bridgehead atoms. The van der Waals surface area contributed by atoms with E-state index < -0.39 is 47.6 Å². The van der Waals surface area contributed by atoms with Crippen LogP contribution in [0.2, 0.25) is 0 Å². The van der Waals surface area contributed by atoms with Crippen LogP contribution < -0.4 is 10.2 Å². The molecule has 0 saturated carbocycles. The molecule has 0 unspecified atom stereocenters. The molecule has 9 nitrogen and oxygen atoms in total. The molecule has 1 aliphatic rings. The van der Waals surface area contributed by atoms with Crippen molar-refractivity contribution < 1.29 is 39.4 Å². The van der Waals surface area contributed by atoms with Crippen LogP contribution in [0.4, 0.5) is 0 Å². The normalized spacial score (nSPS) is 24.8. The highest BCUT2D eigenvalue weighted by molar-refractivity contribution is 5.89. The van der Waals surface area contributed by atoms with Gasteiger partial charge in [-0.15, -0.1) is 0 Å². The minimum atomic E-state index is -1.52. The largest absolute Gasteiger partial charge is 0.504 e. The fraction of sp³-hybridized carbons (Fsp3) is 0.286. The van der Waals surface area contributed by atoms with Crippen LogP contribution in [0.25, 0.3) is 22.3 Å². The van der Waals surface area contributed by atoms with Gasteiger partial charge < -0.3 is 39.4 Å². The van der Waals surface area contributed by atoms with E-state index in [2.05, 4.69) is 0 Å². The zero-order valence-electron chi connectivity index (χ0n) is 15.8. The van der Waals surface area contributed by atoms with E-state index in [9.17, 15) is 30.3 Å². The van der Waals surface area contributed by atoms with Crippen LogP contribution >= 0.6 is 0 Å². The Labute approximate surface area is 170 Å². The quantitative estimate of drug-likeness (QED) is 0.394. The molecule has 3 aromatic rings. The van der Waals surface area contributed by atoms with Crippen LogP contribution in [0, 0.1) is 0 Å². The first-order valence-corrected chi connectivity index (χ1v) is 9.22. The second kappa shape index (κ2) is 7.62. The van der Waals surface area contributed by atoms with E-state index in [1.54, 1.807) is 30.3 Å². The summed E-state index contributed by atoms with van der Waals surface area (Å²) in [5.74, 6) is -1.61. The fourth-order valence-electron chi connectivity index (χ4n) is 3.40. The van der Waals surface area contributed by atoms with Crippen molar-refractivity contribution in [3.8, 4) is 28.6 Å². The summed E-state index contributed by atoms with van der Waals surface area (Å²) in [7, 11) is 0. The first-order valence-electron chi connectivity index (χ1n) is 9.22. The highest BCUT2D eigenvalue weighted by Gasteiger charge is 2.46. The van der Waals surface area contributed by atoms with Crippen LogP contribution in [0.1, 0.15) is 6.92 Å². The molecule has 2 aromatic carbocycles. The van der Waals surface area contributed by atoms with Crippen molar-refractivity contribution in [2.24, 2.45) is 0 Å². The summed E-state index contributed by atoms with van der Waals surface area (Å²) in [6.45, 7) is 1.38. The van der Waals surface area contributed by atoms with E-state index in [1.165, 1.54) is 19.1 Å². The van der Waals surface area contributed by atoms with Crippen LogP contribution in [0.15, 0.2) is 51.7 Å². The van der Waals surface area contributed by atoms with Crippen molar-refractivity contribution in [2.45, 2.75) is 37.6 Å². The summed E-state index contributed by atoms with van der Waals surface area (Å²) >= 11 is 0. The van der Waals surface area contributed by atoms with Gasteiger partial charge in [0.15, 0.2) is 16.9 Å². The molecular formula is C21H20O9. The molecule has 158 valence electrons. The van der Waals surface area contributed by atoms with Crippen molar-refractivity contribution in [1.29, 1.82) is 0 Å². The lowest BCUT2D eigenvalue weighted by Gasteiger charge is -2.19. The molecule has 0 spiro atoms. The number of phenolic OH excluding ortho intramolecular Hbond substituents is 2. The van der Waals surface area contributed by atoms with Gasteiger partial charge in [0.1, 0.15) is 35.0 Å². The number of aliphatic hydroxyl groups excluding tert-OH is 3. The summed E-state index contributed by atoms with van der Waals surface area (Å²) in [5, 5.41) is 50.1. The summed E-state index contributed by atoms with van der Waals surface area (Å²) in [6, 6.07) is 11.2. The van der Waals surface area contributed by atoms with Gasteiger partial charge in [-0.2, -0.15) is 0 Å². The van der Waals surface area contributed by atoms with Gasteiger partial charge in [-0.05, 0) is 6.92 Å². The summed E-state index contributed by atoms with van der Waals surface area (Å²) < 4.78 is 16.5. The molecule has 2 heterocycles. The predicted molar refractivity (Wildman–Crippen MR) is 104 cm³/mol. The van der Waals surface area contributed by atoms with Gasteiger partial charge in [0.05, 0.1) is 6.10 Å². The Kier molecular flexibility index (Phi) is 5.12. The molecule has 4 rings (SSSR count). The van der Waals surface area contributed by atoms with Crippen molar-refractivity contribution >= 4 is 11.0 Å². The molecule has 1 fully saturated rings. The molecule has 30 heavy (non-hydrogen) atoms. The molecule has 0 amide bonds. The van der Waals surface area contributed by atoms with E-state index in [0.29, 0.717) is 5.56 Å². The number of hydrogen-bond acceptors (Lipinski definition) is 9. The van der Waals surface area contributed by atoms with Crippen LogP contribution in [-0.2, 0) is 4.74 Å². The summed E-state index contributed by atoms with van der Waals surface area (Å²) in [4.78, 5) is 12.5. The van der Waals surface area contributed by atoms with Crippen molar-refractivity contribution in [1.82, 2.24) is 0 Å². The third-order valence-electron chi connectivity index (χ3n) is 4.97. The number of aromatic hydroxyl groups is 2. The number of phenols is 2. The third-order valence-corrected chi connectivity index (χ3v) is 4.97. The number of aliphatic hydroxyl groups is 3. The number of ether oxygens (including phenoxy) is 2. The SMILES string of the molecule is C[C@H](O)[C@@H]1O[C@H](Oc2cc3oc(-c4ccccc4)cc(=O)c3c(O)c2O)[C@H](O)[C@H]1O. The Morgan fingerprint density at radius 1 is 1.03 bits per heavy atom. The fourth-order valence-corrected chi connectivity index (χ4v) is 3.40. The average Bonchev–Trinajstić information content (AvgIpc) is 3.00. The smallest absolute Gasteiger partial charge is 0.229 e. The van der Waals surface area contributed by atoms with Gasteiger partial charge in [-0.3, -0.25) is 4.79 Å². The second-order valence-corrected chi connectivity index (χ2v) is 7.09. The molecule has 1 saturated heterocycles. The van der Waals surface area contributed by atoms with E-state index in [1.807, 2.05) is 0 Å². The van der Waals surface area contributed by atoms with Crippen LogP contribution in [0.5, 0.6) is 17.2 Å². The maximum atomic E-state index is 12.5. The molecule has 0 radical (unpaired) electrons. The predicted octanol–water partition coefficient (Wildman–Crippen LogP) is 1.08. The number of hydrogen-bond donors (Lipinski definition) is 5. The molecule has 5 atom stereocenters. The molecule has 5 N–H and O–H groups in total. The van der Waals surface area contributed by atoms with Crippen molar-refractivity contribution in [3.63, 3.8) is 0 Å². The Balaban J connectivity index is 1.76. The number of rotatable bonds is 4. The molecule has 1 aliphatic heterocycles. The number of benzene rings is 2. The van der Waals surface area contributed by atoms with E-state index in [0.717, 1.165) is 0 Å². The highest BCUT2D eigenvalue weighted by Crippen LogP contribution is 2.42. The summed E-state index contributed by atoms with van der Waals surface area (Å²) in [5.41, 5.74) is -0.00746. The Morgan fingerprint density at radius 3 is 2.37 bits per heavy atom. The zero-order chi connectivity index (χ0) is 21.6. The first-order chi connectivity index (χ1) is 14.3. The lowest BCUT2D eigenvalue weighted by Crippen LogP contribution is -2.38. The molecule has 9 heteroatoms. The van der Waals surface area contributed by atoms with E-state index in [-0.39, 0.29) is 22.5 Å². The van der Waals surface area contributed by atoms with Gasteiger partial charge >= 0.3 is 0 Å². The standard InChI is InChI=1S/C21H20O9/c1-9(22)20-18(26)19(27)21(30-20)29-14-8-13-15(17(25)16(14)24)11(23)7-12(28-13)10-5-3-2-4-6-10/h2-9,18-22,24-27H,1H3/t9-,18+,19+,20-,21-/m0/s1. The second-order valence-electron chi connectivity index (χ2n) is 7.09. The molecule has 1 aromatic heterocycles. The van der Waals surface area contributed by atoms with Gasteiger partial charge in [0.25, 0.3) is 0 Å². The Morgan fingerprint density at radius 2 is 1.73 bits per heavy atom. The van der Waals surface area contributed by atoms with Crippen molar-refractivity contribution in [2.75, 3.05) is 0 Å². The topological polar surface area (TPSA) is 150 Å². The minimum Gasteiger partial charge on any atom is -0.504 e. The van der Waals surface area contributed by atoms with Crippen molar-refractivity contribution in [3.05, 3.63) is 52.7 Å². The maximum Gasteiger partial charge on any atom is 0.229 e. The lowest BCUT2D eigenvalue weighted by molar-refractivity contribution is -0.129. The third kappa shape index (κ3) is 3.37. The van der Waals surface area contributed by atoms with Gasteiger partial charge in [-0.25, -0.2) is 0 Å². The summed E-state index contributed by atoms with van der Waals surface area (Å²) in [6.07, 6.45) is -6.58. The van der Waals surface area contributed by atoms with Gasteiger partial charge in [-0.1, -0.05) is 30.3 Å². The average molecular weight is 416 g/mol.